The van der Waals surface area contributed by atoms with Gasteiger partial charge in [0, 0.05) is 12.2 Å². The highest BCUT2D eigenvalue weighted by Crippen LogP contribution is 2.19. The summed E-state index contributed by atoms with van der Waals surface area (Å²) in [6.07, 6.45) is 4.62. The Morgan fingerprint density at radius 3 is 2.72 bits per heavy atom. The summed E-state index contributed by atoms with van der Waals surface area (Å²) in [6, 6.07) is 16.9. The van der Waals surface area contributed by atoms with Crippen molar-refractivity contribution in [3.63, 3.8) is 0 Å². The zero-order chi connectivity index (χ0) is 17.5. The lowest BCUT2D eigenvalue weighted by molar-refractivity contribution is 0.0932. The summed E-state index contributed by atoms with van der Waals surface area (Å²) in [5.41, 5.74) is 2.35. The van der Waals surface area contributed by atoms with Gasteiger partial charge < -0.3 is 10.4 Å². The molecule has 1 unspecified atom stereocenters. The Bertz CT molecular complexity index is 803. The SMILES string of the molecule is O=C(NC(CCCO)c1ccccc1)c1cccc(-n2ccnn2)c1. The lowest BCUT2D eigenvalue weighted by atomic mass is 10.0. The number of aromatic nitrogens is 3. The first-order valence-corrected chi connectivity index (χ1v) is 8.21. The molecule has 128 valence electrons. The first-order chi connectivity index (χ1) is 12.3. The van der Waals surface area contributed by atoms with Gasteiger partial charge in [0.25, 0.3) is 5.91 Å². The van der Waals surface area contributed by atoms with Crippen molar-refractivity contribution in [2.75, 3.05) is 6.61 Å². The van der Waals surface area contributed by atoms with E-state index >= 15 is 0 Å². The number of aliphatic hydroxyl groups excluding tert-OH is 1. The molecule has 0 aliphatic carbocycles. The number of rotatable bonds is 7. The summed E-state index contributed by atoms with van der Waals surface area (Å²) >= 11 is 0. The maximum Gasteiger partial charge on any atom is 0.251 e. The summed E-state index contributed by atoms with van der Waals surface area (Å²) in [5, 5.41) is 19.9. The summed E-state index contributed by atoms with van der Waals surface area (Å²) < 4.78 is 1.61. The molecule has 0 aliphatic rings. The molecule has 1 amide bonds. The van der Waals surface area contributed by atoms with Crippen LogP contribution in [-0.2, 0) is 0 Å². The maximum atomic E-state index is 12.7. The molecule has 0 bridgehead atoms. The van der Waals surface area contributed by atoms with Crippen molar-refractivity contribution in [2.24, 2.45) is 0 Å². The minimum absolute atomic E-state index is 0.0982. The number of aliphatic hydroxyl groups is 1. The molecule has 25 heavy (non-hydrogen) atoms. The van der Waals surface area contributed by atoms with Crippen LogP contribution in [-0.4, -0.2) is 32.6 Å². The van der Waals surface area contributed by atoms with Gasteiger partial charge in [-0.1, -0.05) is 41.6 Å². The fourth-order valence-corrected chi connectivity index (χ4v) is 2.68. The van der Waals surface area contributed by atoms with Crippen molar-refractivity contribution in [3.05, 3.63) is 78.1 Å². The molecule has 3 rings (SSSR count). The van der Waals surface area contributed by atoms with Gasteiger partial charge in [-0.25, -0.2) is 4.68 Å². The van der Waals surface area contributed by atoms with E-state index in [9.17, 15) is 4.79 Å². The van der Waals surface area contributed by atoms with Gasteiger partial charge in [0.15, 0.2) is 0 Å². The number of nitrogens with one attached hydrogen (secondary N) is 1. The van der Waals surface area contributed by atoms with E-state index in [1.54, 1.807) is 29.2 Å². The number of carbonyl (C=O) groups is 1. The van der Waals surface area contributed by atoms with Crippen molar-refractivity contribution in [1.82, 2.24) is 20.3 Å². The molecule has 0 aliphatic heterocycles. The van der Waals surface area contributed by atoms with Crippen molar-refractivity contribution in [3.8, 4) is 5.69 Å². The molecule has 2 aromatic carbocycles. The lowest BCUT2D eigenvalue weighted by Gasteiger charge is -2.19. The fourth-order valence-electron chi connectivity index (χ4n) is 2.68. The molecule has 1 heterocycles. The highest BCUT2D eigenvalue weighted by molar-refractivity contribution is 5.95. The second kappa shape index (κ2) is 8.21. The lowest BCUT2D eigenvalue weighted by Crippen LogP contribution is -2.28. The molecule has 0 saturated carbocycles. The number of hydrogen-bond acceptors (Lipinski definition) is 4. The average molecular weight is 336 g/mol. The minimum atomic E-state index is -0.159. The normalized spacial score (nSPS) is 11.9. The first-order valence-electron chi connectivity index (χ1n) is 8.21. The van der Waals surface area contributed by atoms with E-state index in [4.69, 9.17) is 5.11 Å². The molecule has 6 nitrogen and oxygen atoms in total. The smallest absolute Gasteiger partial charge is 0.251 e. The van der Waals surface area contributed by atoms with E-state index in [1.165, 1.54) is 0 Å². The van der Waals surface area contributed by atoms with E-state index < -0.39 is 0 Å². The average Bonchev–Trinajstić information content (AvgIpc) is 3.20. The van der Waals surface area contributed by atoms with Crippen LogP contribution in [0.25, 0.3) is 5.69 Å². The molecule has 1 aromatic heterocycles. The Labute approximate surface area is 146 Å². The standard InChI is InChI=1S/C19H20N4O2/c24-13-5-10-18(15-6-2-1-3-7-15)21-19(25)16-8-4-9-17(14-16)23-12-11-20-22-23/h1-4,6-9,11-12,14,18,24H,5,10,13H2,(H,21,25). The van der Waals surface area contributed by atoms with E-state index in [1.807, 2.05) is 42.5 Å². The van der Waals surface area contributed by atoms with E-state index in [0.717, 1.165) is 11.3 Å². The number of nitrogens with zero attached hydrogens (tertiary/aromatic N) is 3. The maximum absolute atomic E-state index is 12.7. The molecule has 2 N–H and O–H groups in total. The first kappa shape index (κ1) is 16.9. The monoisotopic (exact) mass is 336 g/mol. The molecule has 1 atom stereocenters. The quantitative estimate of drug-likeness (QED) is 0.695. The molecule has 6 heteroatoms. The van der Waals surface area contributed by atoms with Crippen LogP contribution < -0.4 is 5.32 Å². The number of carbonyl (C=O) groups excluding carboxylic acids is 1. The Morgan fingerprint density at radius 1 is 1.16 bits per heavy atom. The topological polar surface area (TPSA) is 80.0 Å². The highest BCUT2D eigenvalue weighted by Gasteiger charge is 2.16. The Morgan fingerprint density at radius 2 is 2.00 bits per heavy atom. The molecule has 0 saturated heterocycles. The van der Waals surface area contributed by atoms with Gasteiger partial charge in [-0.05, 0) is 36.6 Å². The third-order valence-electron chi connectivity index (χ3n) is 3.95. The van der Waals surface area contributed by atoms with Crippen LogP contribution in [0.15, 0.2) is 67.0 Å². The van der Waals surface area contributed by atoms with Gasteiger partial charge in [-0.15, -0.1) is 5.10 Å². The molecule has 0 spiro atoms. The number of hydrogen-bond donors (Lipinski definition) is 2. The highest BCUT2D eigenvalue weighted by atomic mass is 16.3. The minimum Gasteiger partial charge on any atom is -0.396 e. The number of benzene rings is 2. The summed E-state index contributed by atoms with van der Waals surface area (Å²) in [4.78, 5) is 12.7. The van der Waals surface area contributed by atoms with Crippen molar-refractivity contribution in [2.45, 2.75) is 18.9 Å². The third kappa shape index (κ3) is 4.30. The van der Waals surface area contributed by atoms with Gasteiger partial charge in [0.05, 0.1) is 24.1 Å². The van der Waals surface area contributed by atoms with Gasteiger partial charge >= 0.3 is 0 Å². The van der Waals surface area contributed by atoms with Crippen molar-refractivity contribution in [1.29, 1.82) is 0 Å². The van der Waals surface area contributed by atoms with Crippen LogP contribution >= 0.6 is 0 Å². The van der Waals surface area contributed by atoms with Crippen molar-refractivity contribution >= 4 is 5.91 Å². The molecule has 3 aromatic rings. The van der Waals surface area contributed by atoms with E-state index in [2.05, 4.69) is 15.6 Å². The second-order valence-corrected chi connectivity index (χ2v) is 5.70. The molecular formula is C19H20N4O2. The van der Waals surface area contributed by atoms with Crippen LogP contribution in [0, 0.1) is 0 Å². The van der Waals surface area contributed by atoms with Crippen LogP contribution in [0.5, 0.6) is 0 Å². The van der Waals surface area contributed by atoms with Crippen LogP contribution in [0.3, 0.4) is 0 Å². The Kier molecular flexibility index (Phi) is 5.53. The van der Waals surface area contributed by atoms with Gasteiger partial charge in [-0.3, -0.25) is 4.79 Å². The van der Waals surface area contributed by atoms with Crippen LogP contribution in [0.2, 0.25) is 0 Å². The van der Waals surface area contributed by atoms with E-state index in [0.29, 0.717) is 18.4 Å². The molecule has 0 fully saturated rings. The molecular weight excluding hydrogens is 316 g/mol. The predicted molar refractivity (Wildman–Crippen MR) is 94.3 cm³/mol. The molecule has 0 radical (unpaired) electrons. The third-order valence-corrected chi connectivity index (χ3v) is 3.95. The number of amides is 1. The zero-order valence-electron chi connectivity index (χ0n) is 13.7. The fraction of sp³-hybridized carbons (Fsp3) is 0.211. The van der Waals surface area contributed by atoms with Crippen LogP contribution in [0.4, 0.5) is 0 Å². The Balaban J connectivity index is 1.78. The summed E-state index contributed by atoms with van der Waals surface area (Å²) in [7, 11) is 0. The second-order valence-electron chi connectivity index (χ2n) is 5.70. The van der Waals surface area contributed by atoms with Gasteiger partial charge in [0.2, 0.25) is 0 Å². The van der Waals surface area contributed by atoms with Crippen LogP contribution in [0.1, 0.15) is 34.8 Å². The Hall–Kier alpha value is -2.99. The van der Waals surface area contributed by atoms with Gasteiger partial charge in [-0.2, -0.15) is 0 Å². The zero-order valence-corrected chi connectivity index (χ0v) is 13.7. The summed E-state index contributed by atoms with van der Waals surface area (Å²) in [6.45, 7) is 0.0982. The van der Waals surface area contributed by atoms with E-state index in [-0.39, 0.29) is 18.6 Å². The van der Waals surface area contributed by atoms with Gasteiger partial charge in [0.1, 0.15) is 0 Å². The summed E-state index contributed by atoms with van der Waals surface area (Å²) in [5.74, 6) is -0.159. The predicted octanol–water partition coefficient (Wildman–Crippen LogP) is 2.51. The van der Waals surface area contributed by atoms with Crippen molar-refractivity contribution < 1.29 is 9.90 Å². The largest absolute Gasteiger partial charge is 0.396 e.